The van der Waals surface area contributed by atoms with Crippen molar-refractivity contribution in [3.8, 4) is 0 Å². The molecule has 24 heavy (non-hydrogen) atoms. The van der Waals surface area contributed by atoms with Gasteiger partial charge in [0.2, 0.25) is 0 Å². The zero-order valence-electron chi connectivity index (χ0n) is 13.0. The van der Waals surface area contributed by atoms with Gasteiger partial charge in [0.15, 0.2) is 5.13 Å². The second-order valence-electron chi connectivity index (χ2n) is 4.75. The summed E-state index contributed by atoms with van der Waals surface area (Å²) in [5.74, 6) is -0.519. The van der Waals surface area contributed by atoms with Crippen molar-refractivity contribution in [2.24, 2.45) is 0 Å². The first kappa shape index (κ1) is 18.6. The summed E-state index contributed by atoms with van der Waals surface area (Å²) < 4.78 is 23.5. The van der Waals surface area contributed by atoms with Crippen molar-refractivity contribution < 1.29 is 18.7 Å². The molecule has 2 aromatic rings. The van der Waals surface area contributed by atoms with Crippen molar-refractivity contribution >= 4 is 34.1 Å². The average Bonchev–Trinajstić information content (AvgIpc) is 3.00. The summed E-state index contributed by atoms with van der Waals surface area (Å²) in [6, 6.07) is 3.95. The Morgan fingerprint density at radius 1 is 1.42 bits per heavy atom. The lowest BCUT2D eigenvalue weighted by atomic mass is 10.2. The van der Waals surface area contributed by atoms with E-state index < -0.39 is 11.8 Å². The van der Waals surface area contributed by atoms with Crippen LogP contribution in [-0.2, 0) is 22.6 Å². The minimum atomic E-state index is -0.519. The smallest absolute Gasteiger partial charge is 0.321 e. The monoisotopic (exact) mass is 373 g/mol. The fraction of sp³-hybridized carbons (Fsp3) is 0.333. The third kappa shape index (κ3) is 6.04. The van der Waals surface area contributed by atoms with Crippen LogP contribution in [0, 0.1) is 5.82 Å². The van der Waals surface area contributed by atoms with Crippen LogP contribution in [0.5, 0.6) is 0 Å². The Morgan fingerprint density at radius 3 is 3.00 bits per heavy atom. The zero-order valence-corrected chi connectivity index (χ0v) is 14.5. The van der Waals surface area contributed by atoms with E-state index >= 15 is 0 Å². The van der Waals surface area contributed by atoms with Gasteiger partial charge in [-0.25, -0.2) is 14.2 Å². The maximum absolute atomic E-state index is 13.3. The van der Waals surface area contributed by atoms with Gasteiger partial charge in [0, 0.05) is 19.0 Å². The molecule has 1 aromatic heterocycles. The quantitative estimate of drug-likeness (QED) is 0.695. The van der Waals surface area contributed by atoms with Gasteiger partial charge in [-0.05, 0) is 17.7 Å². The van der Waals surface area contributed by atoms with Crippen molar-refractivity contribution in [2.75, 3.05) is 25.6 Å². The van der Waals surface area contributed by atoms with Crippen molar-refractivity contribution in [1.29, 1.82) is 0 Å². The Hall–Kier alpha value is -1.74. The molecule has 2 rings (SSSR count). The molecule has 0 saturated carbocycles. The number of anilines is 1. The van der Waals surface area contributed by atoms with Gasteiger partial charge < -0.3 is 14.8 Å². The van der Waals surface area contributed by atoms with E-state index in [1.165, 1.54) is 23.5 Å². The summed E-state index contributed by atoms with van der Waals surface area (Å²) in [6.07, 6.45) is 0. The van der Waals surface area contributed by atoms with E-state index in [0.717, 1.165) is 5.69 Å². The largest absolute Gasteiger partial charge is 0.382 e. The van der Waals surface area contributed by atoms with E-state index in [0.29, 0.717) is 30.5 Å². The first-order valence-corrected chi connectivity index (χ1v) is 8.34. The van der Waals surface area contributed by atoms with Gasteiger partial charge in [-0.3, -0.25) is 5.32 Å². The highest BCUT2D eigenvalue weighted by Gasteiger charge is 2.07. The summed E-state index contributed by atoms with van der Waals surface area (Å²) in [7, 11) is 1.60. The topological polar surface area (TPSA) is 72.5 Å². The maximum atomic E-state index is 13.3. The lowest BCUT2D eigenvalue weighted by Gasteiger charge is -2.06. The highest BCUT2D eigenvalue weighted by molar-refractivity contribution is 7.13. The van der Waals surface area contributed by atoms with E-state index in [4.69, 9.17) is 21.1 Å². The molecular weight excluding hydrogens is 357 g/mol. The number of thiazole rings is 1. The third-order valence-corrected chi connectivity index (χ3v) is 4.00. The molecule has 0 unspecified atom stereocenters. The molecule has 0 radical (unpaired) electrons. The average molecular weight is 374 g/mol. The fourth-order valence-electron chi connectivity index (χ4n) is 1.72. The van der Waals surface area contributed by atoms with Crippen LogP contribution in [0.25, 0.3) is 0 Å². The van der Waals surface area contributed by atoms with E-state index in [-0.39, 0.29) is 11.6 Å². The number of aromatic nitrogens is 1. The summed E-state index contributed by atoms with van der Waals surface area (Å²) in [5.41, 5.74) is 1.34. The lowest BCUT2D eigenvalue weighted by Crippen LogP contribution is -2.28. The summed E-state index contributed by atoms with van der Waals surface area (Å²) in [4.78, 5) is 16.1. The molecular formula is C15H17ClFN3O3S. The number of amides is 2. The van der Waals surface area contributed by atoms with Crippen LogP contribution in [0.3, 0.4) is 0 Å². The molecule has 0 aliphatic carbocycles. The highest BCUT2D eigenvalue weighted by atomic mass is 35.5. The van der Waals surface area contributed by atoms with Crippen molar-refractivity contribution in [3.63, 3.8) is 0 Å². The number of methoxy groups -OCH3 is 1. The van der Waals surface area contributed by atoms with E-state index in [1.54, 1.807) is 18.6 Å². The molecule has 0 aliphatic rings. The zero-order chi connectivity index (χ0) is 17.4. The molecule has 6 nitrogen and oxygen atoms in total. The number of benzene rings is 1. The summed E-state index contributed by atoms with van der Waals surface area (Å²) in [5, 5.41) is 7.55. The molecule has 1 heterocycles. The number of nitrogens with zero attached hydrogens (tertiary/aromatic N) is 1. The molecule has 0 spiro atoms. The molecule has 0 bridgehead atoms. The predicted molar refractivity (Wildman–Crippen MR) is 90.9 cm³/mol. The number of nitrogens with one attached hydrogen (secondary N) is 2. The Balaban J connectivity index is 1.75. The second kappa shape index (κ2) is 9.53. The van der Waals surface area contributed by atoms with Crippen LogP contribution in [0.15, 0.2) is 23.6 Å². The molecule has 0 saturated heterocycles. The van der Waals surface area contributed by atoms with Crippen molar-refractivity contribution in [2.45, 2.75) is 13.2 Å². The molecule has 2 N–H and O–H groups in total. The van der Waals surface area contributed by atoms with E-state index in [9.17, 15) is 9.18 Å². The Labute approximate surface area is 147 Å². The molecule has 9 heteroatoms. The van der Waals surface area contributed by atoms with E-state index in [1.807, 2.05) is 0 Å². The number of rotatable bonds is 8. The summed E-state index contributed by atoms with van der Waals surface area (Å²) in [6.45, 7) is 1.53. The normalized spacial score (nSPS) is 10.6. The molecule has 0 aliphatic heterocycles. The molecule has 130 valence electrons. The van der Waals surface area contributed by atoms with Crippen molar-refractivity contribution in [3.05, 3.63) is 45.7 Å². The fourth-order valence-corrected chi connectivity index (χ4v) is 2.53. The second-order valence-corrected chi connectivity index (χ2v) is 6.01. The van der Waals surface area contributed by atoms with E-state index in [2.05, 4.69) is 15.6 Å². The lowest BCUT2D eigenvalue weighted by molar-refractivity contribution is 0.0604. The van der Waals surface area contributed by atoms with Crippen LogP contribution in [0.4, 0.5) is 14.3 Å². The Bertz CT molecular complexity index is 684. The third-order valence-electron chi connectivity index (χ3n) is 2.89. The van der Waals surface area contributed by atoms with Crippen molar-refractivity contribution in [1.82, 2.24) is 10.3 Å². The van der Waals surface area contributed by atoms with Gasteiger partial charge in [0.05, 0.1) is 30.5 Å². The van der Waals surface area contributed by atoms with Crippen LogP contribution >= 0.6 is 22.9 Å². The van der Waals surface area contributed by atoms with Crippen LogP contribution < -0.4 is 10.6 Å². The number of hydrogen-bond acceptors (Lipinski definition) is 5. The number of urea groups is 1. The first-order chi connectivity index (χ1) is 11.6. The van der Waals surface area contributed by atoms with Gasteiger partial charge >= 0.3 is 6.03 Å². The standard InChI is InChI=1S/C15H17ClFN3O3S/c1-22-4-5-23-8-11-9-24-15(19-11)20-14(21)18-7-10-2-3-12(16)13(17)6-10/h2-3,6,9H,4-5,7-8H2,1H3,(H2,18,19,20,21). The minimum Gasteiger partial charge on any atom is -0.382 e. The molecule has 2 amide bonds. The predicted octanol–water partition coefficient (Wildman–Crippen LogP) is 3.42. The van der Waals surface area contributed by atoms with Gasteiger partial charge in [0.25, 0.3) is 0 Å². The SMILES string of the molecule is COCCOCc1csc(NC(=O)NCc2ccc(Cl)c(F)c2)n1. The van der Waals surface area contributed by atoms with Crippen LogP contribution in [0.2, 0.25) is 5.02 Å². The van der Waals surface area contributed by atoms with Gasteiger partial charge in [-0.1, -0.05) is 17.7 Å². The van der Waals surface area contributed by atoms with Gasteiger partial charge in [-0.15, -0.1) is 11.3 Å². The number of hydrogen-bond donors (Lipinski definition) is 2. The molecule has 1 aromatic carbocycles. The molecule has 0 fully saturated rings. The number of carbonyl (C=O) groups is 1. The van der Waals surface area contributed by atoms with Crippen LogP contribution in [-0.4, -0.2) is 31.3 Å². The van der Waals surface area contributed by atoms with Gasteiger partial charge in [0.1, 0.15) is 5.82 Å². The Kier molecular flexibility index (Phi) is 7.38. The number of halogens is 2. The Morgan fingerprint density at radius 2 is 2.25 bits per heavy atom. The number of ether oxygens (including phenoxy) is 2. The minimum absolute atomic E-state index is 0.0474. The highest BCUT2D eigenvalue weighted by Crippen LogP contribution is 2.17. The first-order valence-electron chi connectivity index (χ1n) is 7.08. The van der Waals surface area contributed by atoms with Gasteiger partial charge in [-0.2, -0.15) is 0 Å². The maximum Gasteiger partial charge on any atom is 0.321 e. The molecule has 0 atom stereocenters. The number of carbonyl (C=O) groups excluding carboxylic acids is 1. The summed E-state index contributed by atoms with van der Waals surface area (Å²) >= 11 is 6.90. The van der Waals surface area contributed by atoms with Crippen LogP contribution in [0.1, 0.15) is 11.3 Å².